The molecule has 0 saturated heterocycles. The Morgan fingerprint density at radius 3 is 2.74 bits per heavy atom. The highest BCUT2D eigenvalue weighted by atomic mass is 16.3. The van der Waals surface area contributed by atoms with Crippen molar-refractivity contribution >= 4 is 0 Å². The second-order valence-corrected chi connectivity index (χ2v) is 5.79. The average Bonchev–Trinajstić information content (AvgIpc) is 3.00. The van der Waals surface area contributed by atoms with Gasteiger partial charge in [-0.05, 0) is 37.2 Å². The van der Waals surface area contributed by atoms with E-state index in [9.17, 15) is 5.11 Å². The Bertz CT molecular complexity index is 596. The van der Waals surface area contributed by atoms with Gasteiger partial charge in [-0.3, -0.25) is 0 Å². The lowest BCUT2D eigenvalue weighted by Crippen LogP contribution is -2.25. The Kier molecular flexibility index (Phi) is 2.49. The van der Waals surface area contributed by atoms with E-state index in [0.29, 0.717) is 12.0 Å². The zero-order valence-electron chi connectivity index (χ0n) is 10.9. The van der Waals surface area contributed by atoms with Gasteiger partial charge in [0.15, 0.2) is 0 Å². The summed E-state index contributed by atoms with van der Waals surface area (Å²) in [6.07, 6.45) is 7.94. The first-order chi connectivity index (χ1) is 9.34. The number of aliphatic hydroxyl groups excluding tert-OH is 1. The van der Waals surface area contributed by atoms with Crippen molar-refractivity contribution in [3.63, 3.8) is 0 Å². The van der Waals surface area contributed by atoms with Crippen molar-refractivity contribution in [1.29, 1.82) is 0 Å². The largest absolute Gasteiger partial charge is 0.393 e. The maximum atomic E-state index is 9.70. The Labute approximate surface area is 112 Å². The first kappa shape index (κ1) is 11.2. The summed E-state index contributed by atoms with van der Waals surface area (Å²) < 4.78 is 2.33. The summed E-state index contributed by atoms with van der Waals surface area (Å²) in [5.74, 6) is 0.625. The molecule has 2 heterocycles. The van der Waals surface area contributed by atoms with Crippen molar-refractivity contribution in [3.8, 4) is 11.3 Å². The molecule has 3 heteroatoms. The Balaban J connectivity index is 1.76. The van der Waals surface area contributed by atoms with Gasteiger partial charge in [-0.15, -0.1) is 0 Å². The molecule has 1 aliphatic carbocycles. The van der Waals surface area contributed by atoms with E-state index in [2.05, 4.69) is 33.8 Å². The topological polar surface area (TPSA) is 38.1 Å². The molecular formula is C16H18N2O. The van der Waals surface area contributed by atoms with Crippen molar-refractivity contribution in [2.45, 2.75) is 37.8 Å². The van der Waals surface area contributed by atoms with E-state index in [4.69, 9.17) is 0 Å². The third-order valence-electron chi connectivity index (χ3n) is 4.71. The molecule has 2 aliphatic rings. The molecule has 3 nitrogen and oxygen atoms in total. The zero-order valence-corrected chi connectivity index (χ0v) is 10.9. The molecule has 1 fully saturated rings. The van der Waals surface area contributed by atoms with Crippen molar-refractivity contribution in [1.82, 2.24) is 9.55 Å². The Morgan fingerprint density at radius 1 is 1.11 bits per heavy atom. The molecule has 1 atom stereocenters. The lowest BCUT2D eigenvalue weighted by Gasteiger charge is -2.31. The van der Waals surface area contributed by atoms with Crippen LogP contribution in [0.4, 0.5) is 0 Å². The van der Waals surface area contributed by atoms with Crippen molar-refractivity contribution in [3.05, 3.63) is 42.4 Å². The summed E-state index contributed by atoms with van der Waals surface area (Å²) in [7, 11) is 0. The van der Waals surface area contributed by atoms with Gasteiger partial charge in [0.05, 0.1) is 30.4 Å². The van der Waals surface area contributed by atoms with Crippen LogP contribution in [0.5, 0.6) is 0 Å². The first-order valence-electron chi connectivity index (χ1n) is 7.14. The van der Waals surface area contributed by atoms with Crippen LogP contribution in [-0.4, -0.2) is 20.8 Å². The lowest BCUT2D eigenvalue weighted by atomic mass is 9.80. The van der Waals surface area contributed by atoms with Gasteiger partial charge in [0.2, 0.25) is 0 Å². The van der Waals surface area contributed by atoms with E-state index in [-0.39, 0.29) is 6.10 Å². The summed E-state index contributed by atoms with van der Waals surface area (Å²) in [5.41, 5.74) is 4.00. The van der Waals surface area contributed by atoms with E-state index in [0.717, 1.165) is 25.7 Å². The van der Waals surface area contributed by atoms with Gasteiger partial charge in [-0.1, -0.05) is 24.3 Å². The van der Waals surface area contributed by atoms with E-state index < -0.39 is 0 Å². The summed E-state index contributed by atoms with van der Waals surface area (Å²) in [5, 5.41) is 9.70. The molecular weight excluding hydrogens is 236 g/mol. The Hall–Kier alpha value is -1.61. The molecule has 1 saturated carbocycles. The fraction of sp³-hybridized carbons (Fsp3) is 0.438. The summed E-state index contributed by atoms with van der Waals surface area (Å²) in [6, 6.07) is 9.09. The van der Waals surface area contributed by atoms with Gasteiger partial charge >= 0.3 is 0 Å². The minimum Gasteiger partial charge on any atom is -0.393 e. The molecule has 0 amide bonds. The molecule has 0 spiro atoms. The fourth-order valence-corrected chi connectivity index (χ4v) is 3.77. The van der Waals surface area contributed by atoms with Crippen molar-refractivity contribution in [2.75, 3.05) is 0 Å². The van der Waals surface area contributed by atoms with Crippen LogP contribution in [0.15, 0.2) is 36.8 Å². The number of hydrogen-bond acceptors (Lipinski definition) is 2. The second kappa shape index (κ2) is 4.20. The fourth-order valence-electron chi connectivity index (χ4n) is 3.77. The number of aromatic nitrogens is 2. The molecule has 2 aromatic rings. The third-order valence-corrected chi connectivity index (χ3v) is 4.71. The van der Waals surface area contributed by atoms with E-state index >= 15 is 0 Å². The third kappa shape index (κ3) is 1.65. The number of fused-ring (bicyclic) bond motifs is 3. The van der Waals surface area contributed by atoms with Gasteiger partial charge in [-0.25, -0.2) is 4.98 Å². The van der Waals surface area contributed by atoms with E-state index in [1.54, 1.807) is 0 Å². The predicted octanol–water partition coefficient (Wildman–Crippen LogP) is 3.00. The zero-order chi connectivity index (χ0) is 12.8. The highest BCUT2D eigenvalue weighted by Crippen LogP contribution is 2.46. The smallest absolute Gasteiger partial charge is 0.0956 e. The van der Waals surface area contributed by atoms with Gasteiger partial charge in [0, 0.05) is 5.56 Å². The number of imidazole rings is 1. The SMILES string of the molecule is OC1CCC(C2c3ccccc3-c3cncn32)CC1. The highest BCUT2D eigenvalue weighted by molar-refractivity contribution is 5.69. The summed E-state index contributed by atoms with van der Waals surface area (Å²) in [4.78, 5) is 4.32. The number of aliphatic hydroxyl groups is 1. The number of benzene rings is 1. The quantitative estimate of drug-likeness (QED) is 0.849. The lowest BCUT2D eigenvalue weighted by molar-refractivity contribution is 0.0987. The summed E-state index contributed by atoms with van der Waals surface area (Å²) in [6.45, 7) is 0. The number of rotatable bonds is 1. The van der Waals surface area contributed by atoms with Crippen LogP contribution in [-0.2, 0) is 0 Å². The molecule has 98 valence electrons. The van der Waals surface area contributed by atoms with Crippen LogP contribution in [0.3, 0.4) is 0 Å². The molecule has 4 rings (SSSR count). The van der Waals surface area contributed by atoms with Gasteiger partial charge in [-0.2, -0.15) is 0 Å². The van der Waals surface area contributed by atoms with Gasteiger partial charge in [0.1, 0.15) is 0 Å². The molecule has 1 aromatic carbocycles. The maximum Gasteiger partial charge on any atom is 0.0956 e. The maximum absolute atomic E-state index is 9.70. The average molecular weight is 254 g/mol. The molecule has 19 heavy (non-hydrogen) atoms. The van der Waals surface area contributed by atoms with Crippen LogP contribution in [0, 0.1) is 5.92 Å². The standard InChI is InChI=1S/C16H18N2O/c19-12-7-5-11(6-8-12)16-14-4-2-1-3-13(14)15-9-17-10-18(15)16/h1-4,9-12,16,19H,5-8H2. The predicted molar refractivity (Wildman–Crippen MR) is 73.8 cm³/mol. The van der Waals surface area contributed by atoms with E-state index in [1.807, 2.05) is 12.5 Å². The molecule has 0 radical (unpaired) electrons. The molecule has 0 bridgehead atoms. The van der Waals surface area contributed by atoms with E-state index in [1.165, 1.54) is 16.8 Å². The molecule has 1 N–H and O–H groups in total. The van der Waals surface area contributed by atoms with Crippen LogP contribution in [0.1, 0.15) is 37.3 Å². The number of hydrogen-bond donors (Lipinski definition) is 1. The normalized spacial score (nSPS) is 29.0. The van der Waals surface area contributed by atoms with Crippen LogP contribution < -0.4 is 0 Å². The van der Waals surface area contributed by atoms with Gasteiger partial charge in [0.25, 0.3) is 0 Å². The molecule has 1 aliphatic heterocycles. The van der Waals surface area contributed by atoms with Crippen LogP contribution in [0.25, 0.3) is 11.3 Å². The Morgan fingerprint density at radius 2 is 1.89 bits per heavy atom. The van der Waals surface area contributed by atoms with Crippen LogP contribution >= 0.6 is 0 Å². The highest BCUT2D eigenvalue weighted by Gasteiger charge is 2.35. The van der Waals surface area contributed by atoms with Crippen molar-refractivity contribution in [2.24, 2.45) is 5.92 Å². The first-order valence-corrected chi connectivity index (χ1v) is 7.14. The monoisotopic (exact) mass is 254 g/mol. The van der Waals surface area contributed by atoms with Crippen molar-refractivity contribution < 1.29 is 5.11 Å². The summed E-state index contributed by atoms with van der Waals surface area (Å²) >= 11 is 0. The minimum absolute atomic E-state index is 0.0878. The number of nitrogens with zero attached hydrogens (tertiary/aromatic N) is 2. The minimum atomic E-state index is -0.0878. The van der Waals surface area contributed by atoms with Crippen LogP contribution in [0.2, 0.25) is 0 Å². The molecule has 1 aromatic heterocycles. The second-order valence-electron chi connectivity index (χ2n) is 5.79. The van der Waals surface area contributed by atoms with Gasteiger partial charge < -0.3 is 9.67 Å². The molecule has 1 unspecified atom stereocenters.